The van der Waals surface area contributed by atoms with Gasteiger partial charge in [0.2, 0.25) is 0 Å². The predicted molar refractivity (Wildman–Crippen MR) is 91.6 cm³/mol. The molecule has 2 heterocycles. The molecule has 1 aromatic carbocycles. The zero-order chi connectivity index (χ0) is 17.0. The second kappa shape index (κ2) is 6.90. The molecule has 0 unspecified atom stereocenters. The Labute approximate surface area is 143 Å². The van der Waals surface area contributed by atoms with Gasteiger partial charge in [-0.2, -0.15) is 0 Å². The van der Waals surface area contributed by atoms with Crippen LogP contribution in [-0.4, -0.2) is 24.2 Å². The van der Waals surface area contributed by atoms with Crippen molar-refractivity contribution < 1.29 is 13.2 Å². The molecule has 0 aliphatic rings. The van der Waals surface area contributed by atoms with Gasteiger partial charge in [-0.05, 0) is 29.8 Å². The summed E-state index contributed by atoms with van der Waals surface area (Å²) >= 11 is 1.20. The highest BCUT2D eigenvalue weighted by Crippen LogP contribution is 2.18. The number of nitrogens with zero attached hydrogens (tertiary/aromatic N) is 2. The van der Waals surface area contributed by atoms with Crippen LogP contribution in [0.3, 0.4) is 0 Å². The third-order valence-corrected chi connectivity index (χ3v) is 5.41. The van der Waals surface area contributed by atoms with Gasteiger partial charge in [-0.1, -0.05) is 12.1 Å². The smallest absolute Gasteiger partial charge is 0.263 e. The summed E-state index contributed by atoms with van der Waals surface area (Å²) in [6.07, 6.45) is 4.83. The van der Waals surface area contributed by atoms with Crippen LogP contribution in [0.25, 0.3) is 0 Å². The molecule has 0 aliphatic heterocycles. The van der Waals surface area contributed by atoms with Crippen molar-refractivity contribution in [1.29, 1.82) is 0 Å². The van der Waals surface area contributed by atoms with E-state index in [1.54, 1.807) is 35.8 Å². The van der Waals surface area contributed by atoms with Gasteiger partial charge in [0.15, 0.2) is 10.9 Å². The van der Waals surface area contributed by atoms with Crippen LogP contribution in [0.1, 0.15) is 15.9 Å². The largest absolute Gasteiger partial charge is 0.294 e. The molecule has 24 heavy (non-hydrogen) atoms. The first-order valence-electron chi connectivity index (χ1n) is 6.99. The highest BCUT2D eigenvalue weighted by atomic mass is 32.2. The van der Waals surface area contributed by atoms with Crippen molar-refractivity contribution in [2.45, 2.75) is 11.3 Å². The number of carbonyl (C=O) groups excluding carboxylic acids is 1. The van der Waals surface area contributed by atoms with Crippen molar-refractivity contribution in [2.24, 2.45) is 0 Å². The standard InChI is InChI=1S/C16H13N3O3S2/c20-15(13-2-1-7-17-11-13)10-12-3-5-14(6-4-12)24(21,22)19-16-18-8-9-23-16/h1-9,11H,10H2,(H,18,19). The van der Waals surface area contributed by atoms with Crippen LogP contribution in [0.5, 0.6) is 0 Å². The quantitative estimate of drug-likeness (QED) is 0.684. The first-order chi connectivity index (χ1) is 11.5. The van der Waals surface area contributed by atoms with Crippen LogP contribution in [0.2, 0.25) is 0 Å². The molecular formula is C16H13N3O3S2. The minimum atomic E-state index is -3.68. The van der Waals surface area contributed by atoms with Gasteiger partial charge in [0.25, 0.3) is 10.0 Å². The molecule has 0 radical (unpaired) electrons. The van der Waals surface area contributed by atoms with E-state index in [1.807, 2.05) is 0 Å². The van der Waals surface area contributed by atoms with E-state index in [1.165, 1.54) is 35.9 Å². The van der Waals surface area contributed by atoms with Crippen LogP contribution >= 0.6 is 11.3 Å². The number of Topliss-reactive ketones (excluding diaryl/α,β-unsaturated/α-hetero) is 1. The molecule has 122 valence electrons. The first kappa shape index (κ1) is 16.3. The van der Waals surface area contributed by atoms with Crippen LogP contribution in [0.15, 0.2) is 65.3 Å². The molecule has 2 aromatic heterocycles. The monoisotopic (exact) mass is 359 g/mol. The van der Waals surface area contributed by atoms with Gasteiger partial charge in [0.05, 0.1) is 4.90 Å². The number of anilines is 1. The van der Waals surface area contributed by atoms with Crippen LogP contribution in [0.4, 0.5) is 5.13 Å². The number of hydrogen-bond donors (Lipinski definition) is 1. The van der Waals surface area contributed by atoms with E-state index in [9.17, 15) is 13.2 Å². The predicted octanol–water partition coefficient (Wildman–Crippen LogP) is 2.76. The number of sulfonamides is 1. The number of thiazole rings is 1. The van der Waals surface area contributed by atoms with Crippen LogP contribution < -0.4 is 4.72 Å². The van der Waals surface area contributed by atoms with E-state index in [4.69, 9.17) is 0 Å². The van der Waals surface area contributed by atoms with E-state index < -0.39 is 10.0 Å². The summed E-state index contributed by atoms with van der Waals surface area (Å²) in [5.74, 6) is -0.0698. The number of pyridine rings is 1. The van der Waals surface area contributed by atoms with Crippen molar-refractivity contribution in [3.63, 3.8) is 0 Å². The summed E-state index contributed by atoms with van der Waals surface area (Å²) in [6, 6.07) is 9.61. The number of aromatic nitrogens is 2. The van der Waals surface area contributed by atoms with Crippen molar-refractivity contribution >= 4 is 32.3 Å². The molecule has 0 aliphatic carbocycles. The molecular weight excluding hydrogens is 346 g/mol. The molecule has 1 N–H and O–H groups in total. The number of benzene rings is 1. The van der Waals surface area contributed by atoms with E-state index in [0.717, 1.165) is 5.56 Å². The number of carbonyl (C=O) groups is 1. The Hall–Kier alpha value is -2.58. The van der Waals surface area contributed by atoms with Crippen molar-refractivity contribution in [1.82, 2.24) is 9.97 Å². The molecule has 0 saturated heterocycles. The second-order valence-electron chi connectivity index (χ2n) is 4.93. The Morgan fingerprint density at radius 3 is 2.54 bits per heavy atom. The molecule has 3 aromatic rings. The van der Waals surface area contributed by atoms with Crippen molar-refractivity contribution in [2.75, 3.05) is 4.72 Å². The Morgan fingerprint density at radius 1 is 1.12 bits per heavy atom. The van der Waals surface area contributed by atoms with Gasteiger partial charge >= 0.3 is 0 Å². The molecule has 0 fully saturated rings. The van der Waals surface area contributed by atoms with E-state index >= 15 is 0 Å². The fraction of sp³-hybridized carbons (Fsp3) is 0.0625. The molecule has 0 bridgehead atoms. The summed E-state index contributed by atoms with van der Waals surface area (Å²) in [4.78, 5) is 20.1. The SMILES string of the molecule is O=C(Cc1ccc(S(=O)(=O)Nc2nccs2)cc1)c1cccnc1. The number of ketones is 1. The van der Waals surface area contributed by atoms with Crippen molar-refractivity contribution in [3.05, 3.63) is 71.5 Å². The van der Waals surface area contributed by atoms with Gasteiger partial charge < -0.3 is 0 Å². The molecule has 0 saturated carbocycles. The normalized spacial score (nSPS) is 11.2. The average Bonchev–Trinajstić information content (AvgIpc) is 3.08. The first-order valence-corrected chi connectivity index (χ1v) is 9.35. The lowest BCUT2D eigenvalue weighted by Gasteiger charge is -2.06. The fourth-order valence-electron chi connectivity index (χ4n) is 2.05. The second-order valence-corrected chi connectivity index (χ2v) is 7.51. The third kappa shape index (κ3) is 3.84. The minimum Gasteiger partial charge on any atom is -0.294 e. The molecule has 0 atom stereocenters. The lowest BCUT2D eigenvalue weighted by molar-refractivity contribution is 0.0992. The van der Waals surface area contributed by atoms with Gasteiger partial charge in [-0.15, -0.1) is 11.3 Å². The molecule has 0 amide bonds. The molecule has 6 nitrogen and oxygen atoms in total. The topological polar surface area (TPSA) is 89.0 Å². The van der Waals surface area contributed by atoms with E-state index in [-0.39, 0.29) is 17.1 Å². The van der Waals surface area contributed by atoms with Crippen LogP contribution in [0, 0.1) is 0 Å². The summed E-state index contributed by atoms with van der Waals surface area (Å²) in [7, 11) is -3.68. The number of nitrogens with one attached hydrogen (secondary N) is 1. The Bertz CT molecular complexity index is 922. The number of hydrogen-bond acceptors (Lipinski definition) is 6. The maximum atomic E-state index is 12.2. The summed E-state index contributed by atoms with van der Waals surface area (Å²) in [5.41, 5.74) is 1.26. The fourth-order valence-corrected chi connectivity index (χ4v) is 3.84. The van der Waals surface area contributed by atoms with Gasteiger partial charge in [0, 0.05) is 36.0 Å². The maximum Gasteiger partial charge on any atom is 0.263 e. The van der Waals surface area contributed by atoms with Gasteiger partial charge in [-0.25, -0.2) is 13.4 Å². The van der Waals surface area contributed by atoms with Crippen molar-refractivity contribution in [3.8, 4) is 0 Å². The highest BCUT2D eigenvalue weighted by molar-refractivity contribution is 7.93. The summed E-state index contributed by atoms with van der Waals surface area (Å²) in [5, 5.41) is 2.00. The van der Waals surface area contributed by atoms with Gasteiger partial charge in [0.1, 0.15) is 0 Å². The average molecular weight is 359 g/mol. The van der Waals surface area contributed by atoms with Gasteiger partial charge in [-0.3, -0.25) is 14.5 Å². The van der Waals surface area contributed by atoms with E-state index in [2.05, 4.69) is 14.7 Å². The lowest BCUT2D eigenvalue weighted by atomic mass is 10.0. The van der Waals surface area contributed by atoms with E-state index in [0.29, 0.717) is 10.7 Å². The Morgan fingerprint density at radius 2 is 1.92 bits per heavy atom. The zero-order valence-corrected chi connectivity index (χ0v) is 14.0. The Balaban J connectivity index is 1.72. The summed E-state index contributed by atoms with van der Waals surface area (Å²) in [6.45, 7) is 0. The summed E-state index contributed by atoms with van der Waals surface area (Å²) < 4.78 is 26.9. The third-order valence-electron chi connectivity index (χ3n) is 3.24. The maximum absolute atomic E-state index is 12.2. The molecule has 3 rings (SSSR count). The number of rotatable bonds is 6. The zero-order valence-electron chi connectivity index (χ0n) is 12.4. The Kier molecular flexibility index (Phi) is 4.68. The lowest BCUT2D eigenvalue weighted by Crippen LogP contribution is -2.13. The minimum absolute atomic E-state index is 0.0698. The molecule has 0 spiro atoms. The molecule has 8 heteroatoms. The highest BCUT2D eigenvalue weighted by Gasteiger charge is 2.15. The van der Waals surface area contributed by atoms with Crippen LogP contribution in [-0.2, 0) is 16.4 Å².